The normalized spacial score (nSPS) is 11.4. The topological polar surface area (TPSA) is 66.5 Å². The maximum Gasteiger partial charge on any atom is 0.240 e. The lowest BCUT2D eigenvalue weighted by Crippen LogP contribution is -2.41. The Labute approximate surface area is 205 Å². The molecule has 0 aliphatic rings. The molecule has 0 saturated carbocycles. The Balaban J connectivity index is 1.94. The summed E-state index contributed by atoms with van der Waals surface area (Å²) in [5.74, 6) is 0.682. The van der Waals surface area contributed by atoms with Crippen LogP contribution in [0, 0.1) is 0 Å². The van der Waals surface area contributed by atoms with Gasteiger partial charge in [0.1, 0.15) is 6.54 Å². The molecule has 0 unspecified atom stereocenters. The summed E-state index contributed by atoms with van der Waals surface area (Å²) >= 11 is 31.8. The average Bonchev–Trinajstić information content (AvgIpc) is 2.64. The van der Waals surface area contributed by atoms with E-state index >= 15 is 0 Å². The van der Waals surface area contributed by atoms with Gasteiger partial charge in [-0.05, 0) is 29.8 Å². The summed E-state index contributed by atoms with van der Waals surface area (Å²) in [6.07, 6.45) is 0.975. The smallest absolute Gasteiger partial charge is 0.240 e. The molecule has 2 aromatic rings. The SMILES string of the molecule is CS(=O)(=O)N(CC(=O)NCCSCc1c(Cl)cccc1Cl)c1cc(Cl)c(Cl)cc1Cl. The molecule has 12 heteroatoms. The maximum absolute atomic E-state index is 12.3. The Morgan fingerprint density at radius 1 is 1.00 bits per heavy atom. The largest absolute Gasteiger partial charge is 0.354 e. The second-order valence-corrected chi connectivity index (χ2v) is 11.1. The van der Waals surface area contributed by atoms with Gasteiger partial charge >= 0.3 is 0 Å². The van der Waals surface area contributed by atoms with Gasteiger partial charge in [0.15, 0.2) is 0 Å². The first-order valence-corrected chi connectivity index (χ1v) is 13.3. The highest BCUT2D eigenvalue weighted by Crippen LogP contribution is 2.35. The van der Waals surface area contributed by atoms with Gasteiger partial charge in [0.05, 0.1) is 27.0 Å². The van der Waals surface area contributed by atoms with Gasteiger partial charge in [-0.15, -0.1) is 0 Å². The number of rotatable bonds is 9. The minimum Gasteiger partial charge on any atom is -0.354 e. The Hall–Kier alpha value is -0.540. The van der Waals surface area contributed by atoms with Crippen molar-refractivity contribution in [2.45, 2.75) is 5.75 Å². The van der Waals surface area contributed by atoms with Gasteiger partial charge in [-0.1, -0.05) is 64.1 Å². The van der Waals surface area contributed by atoms with Gasteiger partial charge in [0.2, 0.25) is 15.9 Å². The van der Waals surface area contributed by atoms with Gasteiger partial charge in [-0.3, -0.25) is 9.10 Å². The summed E-state index contributed by atoms with van der Waals surface area (Å²) in [5.41, 5.74) is 0.904. The van der Waals surface area contributed by atoms with Crippen molar-refractivity contribution in [3.05, 3.63) is 61.0 Å². The lowest BCUT2D eigenvalue weighted by molar-refractivity contribution is -0.119. The Bertz CT molecular complexity index is 1010. The van der Waals surface area contributed by atoms with E-state index in [-0.39, 0.29) is 20.8 Å². The summed E-state index contributed by atoms with van der Waals surface area (Å²) in [7, 11) is -3.79. The molecule has 2 aromatic carbocycles. The van der Waals surface area contributed by atoms with E-state index in [4.69, 9.17) is 58.0 Å². The van der Waals surface area contributed by atoms with E-state index < -0.39 is 22.5 Å². The molecule has 0 bridgehead atoms. The predicted molar refractivity (Wildman–Crippen MR) is 129 cm³/mol. The number of amides is 1. The van der Waals surface area contributed by atoms with Crippen LogP contribution in [0.3, 0.4) is 0 Å². The van der Waals surface area contributed by atoms with Crippen LogP contribution < -0.4 is 9.62 Å². The highest BCUT2D eigenvalue weighted by atomic mass is 35.5. The van der Waals surface area contributed by atoms with Gasteiger partial charge in [-0.25, -0.2) is 8.42 Å². The molecule has 0 aliphatic heterocycles. The fourth-order valence-corrected chi connectivity index (χ4v) is 5.53. The van der Waals surface area contributed by atoms with Crippen molar-refractivity contribution in [2.24, 2.45) is 0 Å². The van der Waals surface area contributed by atoms with Crippen molar-refractivity contribution < 1.29 is 13.2 Å². The predicted octanol–water partition coefficient (Wildman–Crippen LogP) is 5.77. The van der Waals surface area contributed by atoms with E-state index in [1.54, 1.807) is 18.2 Å². The lowest BCUT2D eigenvalue weighted by atomic mass is 10.2. The fourth-order valence-electron chi connectivity index (χ4n) is 2.38. The van der Waals surface area contributed by atoms with E-state index in [2.05, 4.69) is 5.32 Å². The molecule has 164 valence electrons. The minimum atomic E-state index is -3.79. The number of anilines is 1. The lowest BCUT2D eigenvalue weighted by Gasteiger charge is -2.23. The number of nitrogens with zero attached hydrogens (tertiary/aromatic N) is 1. The Morgan fingerprint density at radius 2 is 1.60 bits per heavy atom. The van der Waals surface area contributed by atoms with Crippen LogP contribution in [0.2, 0.25) is 25.1 Å². The van der Waals surface area contributed by atoms with E-state index in [1.807, 2.05) is 0 Å². The van der Waals surface area contributed by atoms with Crippen LogP contribution >= 0.6 is 69.8 Å². The number of carbonyl (C=O) groups is 1. The van der Waals surface area contributed by atoms with Crippen LogP contribution in [0.5, 0.6) is 0 Å². The molecule has 0 heterocycles. The summed E-state index contributed by atoms with van der Waals surface area (Å²) in [6, 6.07) is 7.93. The minimum absolute atomic E-state index is 0.0646. The molecule has 0 aliphatic carbocycles. The molecule has 30 heavy (non-hydrogen) atoms. The van der Waals surface area contributed by atoms with Crippen molar-refractivity contribution in [3.8, 4) is 0 Å². The second kappa shape index (κ2) is 11.4. The standard InChI is InChI=1S/C18H17Cl5N2O3S2/c1-30(27,28)25(17-8-15(22)14(21)7-16(17)23)9-18(26)24-5-6-29-10-11-12(19)3-2-4-13(11)20/h2-4,7-8H,5-6,9-10H2,1H3,(H,24,26). The zero-order chi connectivity index (χ0) is 22.5. The van der Waals surface area contributed by atoms with Crippen molar-refractivity contribution in [1.82, 2.24) is 5.32 Å². The second-order valence-electron chi connectivity index (χ2n) is 6.09. The summed E-state index contributed by atoms with van der Waals surface area (Å²) in [5, 5.41) is 4.22. The van der Waals surface area contributed by atoms with E-state index in [1.165, 1.54) is 23.9 Å². The van der Waals surface area contributed by atoms with E-state index in [9.17, 15) is 13.2 Å². The van der Waals surface area contributed by atoms with E-state index in [0.29, 0.717) is 28.1 Å². The van der Waals surface area contributed by atoms with Crippen LogP contribution in [-0.4, -0.2) is 39.4 Å². The number of halogens is 5. The molecule has 5 nitrogen and oxygen atoms in total. The number of nitrogens with one attached hydrogen (secondary N) is 1. The summed E-state index contributed by atoms with van der Waals surface area (Å²) in [4.78, 5) is 12.3. The molecular weight excluding hydrogens is 534 g/mol. The Kier molecular flexibility index (Phi) is 9.74. The highest BCUT2D eigenvalue weighted by Gasteiger charge is 2.24. The third-order valence-electron chi connectivity index (χ3n) is 3.82. The zero-order valence-electron chi connectivity index (χ0n) is 15.6. The number of thioether (sulfide) groups is 1. The number of hydrogen-bond acceptors (Lipinski definition) is 4. The van der Waals surface area contributed by atoms with Gasteiger partial charge < -0.3 is 5.32 Å². The van der Waals surface area contributed by atoms with Crippen molar-refractivity contribution in [1.29, 1.82) is 0 Å². The summed E-state index contributed by atoms with van der Waals surface area (Å²) < 4.78 is 25.3. The highest BCUT2D eigenvalue weighted by molar-refractivity contribution is 7.98. The first-order chi connectivity index (χ1) is 14.0. The molecule has 1 amide bonds. The van der Waals surface area contributed by atoms with Crippen LogP contribution in [0.25, 0.3) is 0 Å². The van der Waals surface area contributed by atoms with Crippen molar-refractivity contribution in [3.63, 3.8) is 0 Å². The van der Waals surface area contributed by atoms with Crippen molar-refractivity contribution >= 4 is 91.4 Å². The molecule has 0 atom stereocenters. The van der Waals surface area contributed by atoms with Crippen LogP contribution in [0.15, 0.2) is 30.3 Å². The monoisotopic (exact) mass is 548 g/mol. The van der Waals surface area contributed by atoms with Gasteiger partial charge in [0.25, 0.3) is 0 Å². The van der Waals surface area contributed by atoms with Crippen LogP contribution in [0.1, 0.15) is 5.56 Å². The fraction of sp³-hybridized carbons (Fsp3) is 0.278. The first kappa shape index (κ1) is 25.7. The third kappa shape index (κ3) is 7.26. The molecule has 0 fully saturated rings. The third-order valence-corrected chi connectivity index (χ3v) is 7.67. The van der Waals surface area contributed by atoms with Crippen LogP contribution in [-0.2, 0) is 20.6 Å². The maximum atomic E-state index is 12.3. The number of sulfonamides is 1. The molecule has 0 aromatic heterocycles. The molecule has 0 saturated heterocycles. The number of hydrogen-bond donors (Lipinski definition) is 1. The first-order valence-electron chi connectivity index (χ1n) is 8.40. The number of carbonyl (C=O) groups excluding carboxylic acids is 1. The van der Waals surface area contributed by atoms with Gasteiger partial charge in [0, 0.05) is 28.1 Å². The van der Waals surface area contributed by atoms with Crippen LogP contribution in [0.4, 0.5) is 5.69 Å². The number of benzene rings is 2. The zero-order valence-corrected chi connectivity index (χ0v) is 21.0. The van der Waals surface area contributed by atoms with Crippen molar-refractivity contribution in [2.75, 3.05) is 29.4 Å². The molecule has 1 N–H and O–H groups in total. The molecular formula is C18H17Cl5N2O3S2. The van der Waals surface area contributed by atoms with Gasteiger partial charge in [-0.2, -0.15) is 11.8 Å². The Morgan fingerprint density at radius 3 is 2.20 bits per heavy atom. The molecule has 2 rings (SSSR count). The quantitative estimate of drug-likeness (QED) is 0.318. The average molecular weight is 551 g/mol. The van der Waals surface area contributed by atoms with E-state index in [0.717, 1.165) is 16.1 Å². The molecule has 0 radical (unpaired) electrons. The molecule has 0 spiro atoms. The summed E-state index contributed by atoms with van der Waals surface area (Å²) in [6.45, 7) is -0.115.